The summed E-state index contributed by atoms with van der Waals surface area (Å²) in [6.07, 6.45) is 25.9. The summed E-state index contributed by atoms with van der Waals surface area (Å²) in [5.74, 6) is -1.30. The van der Waals surface area contributed by atoms with E-state index in [1.54, 1.807) is 0 Å². The van der Waals surface area contributed by atoms with E-state index in [2.05, 4.69) is 65.5 Å². The third kappa shape index (κ3) is 15.1. The van der Waals surface area contributed by atoms with Crippen LogP contribution in [0.4, 0.5) is 0 Å². The Morgan fingerprint density at radius 1 is 0.596 bits per heavy atom. The molecule has 2 fully saturated rings. The third-order valence-electron chi connectivity index (χ3n) is 12.5. The maximum Gasteiger partial charge on any atom is 0.310 e. The molecule has 2 heterocycles. The molecule has 8 heteroatoms. The highest BCUT2D eigenvalue weighted by Gasteiger charge is 2.58. The van der Waals surface area contributed by atoms with Crippen LogP contribution >= 0.6 is 0 Å². The highest BCUT2D eigenvalue weighted by Crippen LogP contribution is 2.56. The Labute approximate surface area is 320 Å². The van der Waals surface area contributed by atoms with Gasteiger partial charge in [0.05, 0.1) is 18.6 Å². The summed E-state index contributed by atoms with van der Waals surface area (Å²) in [6.45, 7) is 19.4. The first-order valence-electron chi connectivity index (χ1n) is 22.0. The zero-order valence-corrected chi connectivity index (χ0v) is 35.3. The van der Waals surface area contributed by atoms with Crippen LogP contribution in [0.3, 0.4) is 0 Å². The lowest BCUT2D eigenvalue weighted by atomic mass is 9.54. The average Bonchev–Trinajstić information content (AvgIpc) is 3.06. The molecule has 306 valence electrons. The van der Waals surface area contributed by atoms with Gasteiger partial charge in [-0.25, -0.2) is 0 Å². The minimum atomic E-state index is -0.840. The highest BCUT2D eigenvalue weighted by atomic mass is 16.7. The molecule has 2 aliphatic rings. The van der Waals surface area contributed by atoms with Crippen molar-refractivity contribution in [2.24, 2.45) is 17.3 Å². The van der Waals surface area contributed by atoms with Crippen molar-refractivity contribution in [3.8, 4) is 0 Å². The van der Waals surface area contributed by atoms with E-state index in [9.17, 15) is 14.7 Å². The predicted molar refractivity (Wildman–Crippen MR) is 214 cm³/mol. The van der Waals surface area contributed by atoms with E-state index in [-0.39, 0.29) is 41.4 Å². The van der Waals surface area contributed by atoms with E-state index in [0.717, 1.165) is 77.4 Å². The van der Waals surface area contributed by atoms with Gasteiger partial charge in [0.15, 0.2) is 0 Å². The number of hydrogen-bond acceptors (Lipinski definition) is 6. The topological polar surface area (TPSA) is 99.5 Å². The standard InChI is InChI=1S/C44H84N2O6/c1-9-11-13-15-17-22-26-30-51-45-36(3)32-38(34-42(45,5)6)44(41(49)50,29-25-21-19-20-24-28-40(47)48)39-33-37(4)46(43(7,8)35-39)52-31-27-23-18-16-14-12-10-2/h36-39H,9-35H2,1-8H3,(H,47,48)(H,49,50). The molecule has 52 heavy (non-hydrogen) atoms. The second kappa shape index (κ2) is 24.3. The first-order chi connectivity index (χ1) is 24.7. The van der Waals surface area contributed by atoms with Crippen LogP contribution in [-0.2, 0) is 19.3 Å². The molecule has 0 amide bonds. The largest absolute Gasteiger partial charge is 0.481 e. The minimum absolute atomic E-state index is 0.0357. The minimum Gasteiger partial charge on any atom is -0.481 e. The van der Waals surface area contributed by atoms with Crippen LogP contribution in [0, 0.1) is 17.3 Å². The van der Waals surface area contributed by atoms with Gasteiger partial charge in [0, 0.05) is 29.6 Å². The number of aliphatic carboxylic acids is 2. The zero-order chi connectivity index (χ0) is 38.6. The summed E-state index contributed by atoms with van der Waals surface area (Å²) in [4.78, 5) is 38.0. The first-order valence-corrected chi connectivity index (χ1v) is 22.0. The smallest absolute Gasteiger partial charge is 0.310 e. The average molecular weight is 737 g/mol. The summed E-state index contributed by atoms with van der Waals surface area (Å²) in [7, 11) is 0. The number of carboxylic acid groups (broad SMARTS) is 2. The summed E-state index contributed by atoms with van der Waals surface area (Å²) >= 11 is 0. The fourth-order valence-corrected chi connectivity index (χ4v) is 10.0. The first kappa shape index (κ1) is 46.9. The maximum absolute atomic E-state index is 14.0. The van der Waals surface area contributed by atoms with E-state index in [1.807, 2.05) is 0 Å². The monoisotopic (exact) mass is 737 g/mol. The molecule has 2 aliphatic heterocycles. The van der Waals surface area contributed by atoms with Crippen molar-refractivity contribution in [1.82, 2.24) is 10.1 Å². The Bertz CT molecular complexity index is 932. The molecule has 2 rings (SSSR count). The normalized spacial score (nSPS) is 24.8. The molecule has 0 spiro atoms. The Kier molecular flexibility index (Phi) is 22.0. The van der Waals surface area contributed by atoms with E-state index in [4.69, 9.17) is 14.8 Å². The van der Waals surface area contributed by atoms with Crippen molar-refractivity contribution in [2.45, 2.75) is 239 Å². The van der Waals surface area contributed by atoms with Crippen LogP contribution in [0.25, 0.3) is 0 Å². The van der Waals surface area contributed by atoms with Crippen LogP contribution in [0.2, 0.25) is 0 Å². The fraction of sp³-hybridized carbons (Fsp3) is 0.955. The molecule has 0 aromatic rings. The number of rotatable bonds is 29. The third-order valence-corrected chi connectivity index (χ3v) is 12.5. The van der Waals surface area contributed by atoms with E-state index in [1.165, 1.54) is 77.0 Å². The summed E-state index contributed by atoms with van der Waals surface area (Å²) in [6, 6.07) is 0.257. The molecule has 4 unspecified atom stereocenters. The van der Waals surface area contributed by atoms with Crippen LogP contribution in [0.1, 0.15) is 216 Å². The van der Waals surface area contributed by atoms with Gasteiger partial charge in [-0.1, -0.05) is 117 Å². The van der Waals surface area contributed by atoms with Crippen molar-refractivity contribution in [3.63, 3.8) is 0 Å². The van der Waals surface area contributed by atoms with E-state index < -0.39 is 17.4 Å². The molecule has 8 nitrogen and oxygen atoms in total. The molecule has 0 aromatic heterocycles. The number of unbranched alkanes of at least 4 members (excludes halogenated alkanes) is 16. The van der Waals surface area contributed by atoms with Gasteiger partial charge in [-0.2, -0.15) is 10.1 Å². The summed E-state index contributed by atoms with van der Waals surface area (Å²) < 4.78 is 0. The number of carboxylic acids is 2. The number of carbonyl (C=O) groups is 2. The maximum atomic E-state index is 14.0. The SMILES string of the molecule is CCCCCCCCCON1C(C)CC(C(CCCCCCCC(=O)O)(C(=O)O)C2CC(C)N(OCCCCCCCCC)C(C)(C)C2)CC1(C)C. The molecule has 4 atom stereocenters. The quantitative estimate of drug-likeness (QED) is 0.0732. The molecule has 2 saturated heterocycles. The van der Waals surface area contributed by atoms with Crippen LogP contribution < -0.4 is 0 Å². The molecule has 2 N–H and O–H groups in total. The molecule has 0 bridgehead atoms. The van der Waals surface area contributed by atoms with Gasteiger partial charge in [0.25, 0.3) is 0 Å². The van der Waals surface area contributed by atoms with Gasteiger partial charge in [0.1, 0.15) is 0 Å². The van der Waals surface area contributed by atoms with Crippen molar-refractivity contribution >= 4 is 11.9 Å². The second-order valence-electron chi connectivity index (χ2n) is 18.2. The van der Waals surface area contributed by atoms with Crippen LogP contribution in [0.15, 0.2) is 0 Å². The number of hydroxylamine groups is 4. The zero-order valence-electron chi connectivity index (χ0n) is 35.3. The van der Waals surface area contributed by atoms with Gasteiger partial charge < -0.3 is 10.2 Å². The highest BCUT2D eigenvalue weighted by molar-refractivity contribution is 5.75. The van der Waals surface area contributed by atoms with Crippen molar-refractivity contribution in [2.75, 3.05) is 13.2 Å². The van der Waals surface area contributed by atoms with Crippen LogP contribution in [-0.4, -0.2) is 68.7 Å². The number of piperidine rings is 2. The lowest BCUT2D eigenvalue weighted by Crippen LogP contribution is -2.62. The fourth-order valence-electron chi connectivity index (χ4n) is 10.0. The second-order valence-corrected chi connectivity index (χ2v) is 18.2. The van der Waals surface area contributed by atoms with Crippen molar-refractivity contribution < 1.29 is 29.5 Å². The molecular weight excluding hydrogens is 652 g/mol. The Hall–Kier alpha value is -1.22. The van der Waals surface area contributed by atoms with Crippen molar-refractivity contribution in [1.29, 1.82) is 0 Å². The Morgan fingerprint density at radius 3 is 1.33 bits per heavy atom. The Balaban J connectivity index is 2.18. The molecule has 0 aromatic carbocycles. The summed E-state index contributed by atoms with van der Waals surface area (Å²) in [5, 5.41) is 25.0. The molecule has 0 aliphatic carbocycles. The lowest BCUT2D eigenvalue weighted by Gasteiger charge is -2.57. The predicted octanol–water partition coefficient (Wildman–Crippen LogP) is 12.0. The molecular formula is C44H84N2O6. The lowest BCUT2D eigenvalue weighted by molar-refractivity contribution is -0.278. The Morgan fingerprint density at radius 2 is 0.962 bits per heavy atom. The summed E-state index contributed by atoms with van der Waals surface area (Å²) in [5.41, 5.74) is -1.39. The number of hydrogen-bond donors (Lipinski definition) is 2. The van der Waals surface area contributed by atoms with Gasteiger partial charge in [0.2, 0.25) is 0 Å². The van der Waals surface area contributed by atoms with Crippen molar-refractivity contribution in [3.05, 3.63) is 0 Å². The van der Waals surface area contributed by atoms with Gasteiger partial charge in [-0.15, -0.1) is 0 Å². The van der Waals surface area contributed by atoms with E-state index in [0.29, 0.717) is 12.8 Å². The van der Waals surface area contributed by atoms with E-state index >= 15 is 0 Å². The molecule has 0 saturated carbocycles. The number of nitrogens with zero attached hydrogens (tertiary/aromatic N) is 2. The molecule has 0 radical (unpaired) electrons. The van der Waals surface area contributed by atoms with Gasteiger partial charge >= 0.3 is 11.9 Å². The van der Waals surface area contributed by atoms with Gasteiger partial charge in [-0.05, 0) is 105 Å². The van der Waals surface area contributed by atoms with Gasteiger partial charge in [-0.3, -0.25) is 19.3 Å². The van der Waals surface area contributed by atoms with Crippen LogP contribution in [0.5, 0.6) is 0 Å².